The lowest BCUT2D eigenvalue weighted by Gasteiger charge is -2.32. The Morgan fingerprint density at radius 3 is 2.90 bits per heavy atom. The molecular formula is C17H22BrNO. The predicted octanol–water partition coefficient (Wildman–Crippen LogP) is 5.28. The molecular weight excluding hydrogens is 314 g/mol. The first kappa shape index (κ1) is 14.2. The molecule has 0 bridgehead atoms. The molecule has 0 aliphatic heterocycles. The zero-order chi connectivity index (χ0) is 14.1. The Bertz CT molecular complexity index is 592. The zero-order valence-corrected chi connectivity index (χ0v) is 13.7. The van der Waals surface area contributed by atoms with Gasteiger partial charge in [0, 0.05) is 5.39 Å². The largest absolute Gasteiger partial charge is 0.458 e. The van der Waals surface area contributed by atoms with Gasteiger partial charge in [0.25, 0.3) is 0 Å². The quantitative estimate of drug-likeness (QED) is 0.825. The van der Waals surface area contributed by atoms with E-state index >= 15 is 0 Å². The maximum absolute atomic E-state index is 6.13. The van der Waals surface area contributed by atoms with Gasteiger partial charge in [0.15, 0.2) is 0 Å². The number of hydrogen-bond acceptors (Lipinski definition) is 2. The molecule has 1 heterocycles. The predicted molar refractivity (Wildman–Crippen MR) is 86.8 cm³/mol. The van der Waals surface area contributed by atoms with Gasteiger partial charge in [-0.15, -0.1) is 0 Å². The van der Waals surface area contributed by atoms with Crippen molar-refractivity contribution in [3.63, 3.8) is 0 Å². The Hall–Kier alpha value is -0.800. The highest BCUT2D eigenvalue weighted by molar-refractivity contribution is 9.10. The Morgan fingerprint density at radius 1 is 1.35 bits per heavy atom. The fraction of sp³-hybridized carbons (Fsp3) is 0.529. The summed E-state index contributed by atoms with van der Waals surface area (Å²) in [5.74, 6) is 2.59. The second kappa shape index (κ2) is 5.90. The lowest BCUT2D eigenvalue weighted by Crippen LogP contribution is -2.28. The summed E-state index contributed by atoms with van der Waals surface area (Å²) in [5, 5.41) is 4.66. The van der Waals surface area contributed by atoms with Gasteiger partial charge in [-0.05, 0) is 59.8 Å². The third-order valence-electron chi connectivity index (χ3n) is 4.58. The summed E-state index contributed by atoms with van der Waals surface area (Å²) in [5.41, 5.74) is 0.964. The maximum atomic E-state index is 6.13. The molecule has 3 heteroatoms. The standard InChI is InChI=1S/C17H22BrNO/c1-11-5-3-6-12(9-11)16(19-2)15-10-13-7-4-8-14(18)17(13)20-15/h4,7-8,10-12,16,19H,3,5-6,9H2,1-2H3. The third-order valence-corrected chi connectivity index (χ3v) is 5.21. The molecule has 2 nitrogen and oxygen atoms in total. The van der Waals surface area contributed by atoms with Gasteiger partial charge in [-0.25, -0.2) is 0 Å². The van der Waals surface area contributed by atoms with Gasteiger partial charge in [-0.3, -0.25) is 0 Å². The highest BCUT2D eigenvalue weighted by Gasteiger charge is 2.29. The van der Waals surface area contributed by atoms with Crippen LogP contribution in [-0.2, 0) is 0 Å². The Balaban J connectivity index is 1.92. The number of halogens is 1. The molecule has 0 saturated heterocycles. The first-order valence-electron chi connectivity index (χ1n) is 7.54. The van der Waals surface area contributed by atoms with E-state index in [2.05, 4.69) is 46.4 Å². The van der Waals surface area contributed by atoms with Crippen LogP contribution in [0.15, 0.2) is 33.2 Å². The lowest BCUT2D eigenvalue weighted by atomic mass is 9.78. The molecule has 1 aromatic carbocycles. The molecule has 3 atom stereocenters. The lowest BCUT2D eigenvalue weighted by molar-refractivity contribution is 0.214. The van der Waals surface area contributed by atoms with E-state index in [1.165, 1.54) is 31.1 Å². The first-order chi connectivity index (χ1) is 9.69. The summed E-state index contributed by atoms with van der Waals surface area (Å²) in [6, 6.07) is 8.73. The molecule has 20 heavy (non-hydrogen) atoms. The van der Waals surface area contributed by atoms with Gasteiger partial charge in [0.05, 0.1) is 10.5 Å². The van der Waals surface area contributed by atoms with Crippen molar-refractivity contribution in [2.24, 2.45) is 11.8 Å². The highest BCUT2D eigenvalue weighted by atomic mass is 79.9. The Morgan fingerprint density at radius 2 is 2.20 bits per heavy atom. The second-order valence-corrected chi connectivity index (χ2v) is 6.96. The normalized spacial score (nSPS) is 24.9. The van der Waals surface area contributed by atoms with E-state index in [1.807, 2.05) is 13.1 Å². The molecule has 3 unspecified atom stereocenters. The van der Waals surface area contributed by atoms with Gasteiger partial charge >= 0.3 is 0 Å². The van der Waals surface area contributed by atoms with E-state index in [0.29, 0.717) is 12.0 Å². The van der Waals surface area contributed by atoms with E-state index in [9.17, 15) is 0 Å². The third kappa shape index (κ3) is 2.66. The molecule has 1 saturated carbocycles. The van der Waals surface area contributed by atoms with E-state index in [-0.39, 0.29) is 0 Å². The molecule has 1 fully saturated rings. The summed E-state index contributed by atoms with van der Waals surface area (Å²) in [4.78, 5) is 0. The van der Waals surface area contributed by atoms with Crippen LogP contribution in [0, 0.1) is 11.8 Å². The molecule has 1 N–H and O–H groups in total. The SMILES string of the molecule is CNC(c1cc2cccc(Br)c2o1)C1CCCC(C)C1. The van der Waals surface area contributed by atoms with Gasteiger partial charge in [-0.2, -0.15) is 0 Å². The number of fused-ring (bicyclic) bond motifs is 1. The van der Waals surface area contributed by atoms with Crippen molar-refractivity contribution in [3.8, 4) is 0 Å². The van der Waals surface area contributed by atoms with Crippen LogP contribution in [-0.4, -0.2) is 7.05 Å². The van der Waals surface area contributed by atoms with Crippen LogP contribution in [0.3, 0.4) is 0 Å². The van der Waals surface area contributed by atoms with Crippen molar-refractivity contribution in [3.05, 3.63) is 34.5 Å². The Labute approximate surface area is 129 Å². The molecule has 108 valence electrons. The Kier molecular flexibility index (Phi) is 4.18. The smallest absolute Gasteiger partial charge is 0.148 e. The summed E-state index contributed by atoms with van der Waals surface area (Å²) >= 11 is 3.57. The number of nitrogens with one attached hydrogen (secondary N) is 1. The molecule has 1 aliphatic rings. The van der Waals surface area contributed by atoms with Crippen molar-refractivity contribution in [2.45, 2.75) is 38.6 Å². The minimum Gasteiger partial charge on any atom is -0.458 e. The van der Waals surface area contributed by atoms with Crippen molar-refractivity contribution in [1.29, 1.82) is 0 Å². The van der Waals surface area contributed by atoms with E-state index < -0.39 is 0 Å². The molecule has 1 aliphatic carbocycles. The van der Waals surface area contributed by atoms with Crippen LogP contribution in [0.25, 0.3) is 11.0 Å². The van der Waals surface area contributed by atoms with Gasteiger partial charge in [0.1, 0.15) is 11.3 Å². The summed E-state index contributed by atoms with van der Waals surface area (Å²) < 4.78 is 7.17. The monoisotopic (exact) mass is 335 g/mol. The topological polar surface area (TPSA) is 25.2 Å². The van der Waals surface area contributed by atoms with Crippen LogP contribution in [0.5, 0.6) is 0 Å². The summed E-state index contributed by atoms with van der Waals surface area (Å²) in [7, 11) is 2.05. The first-order valence-corrected chi connectivity index (χ1v) is 8.33. The molecule has 0 radical (unpaired) electrons. The number of para-hydroxylation sites is 1. The highest BCUT2D eigenvalue weighted by Crippen LogP contribution is 2.39. The molecule has 3 rings (SSSR count). The van der Waals surface area contributed by atoms with E-state index in [4.69, 9.17) is 4.42 Å². The number of rotatable bonds is 3. The van der Waals surface area contributed by atoms with E-state index in [0.717, 1.165) is 21.7 Å². The second-order valence-electron chi connectivity index (χ2n) is 6.11. The van der Waals surface area contributed by atoms with Crippen LogP contribution in [0.4, 0.5) is 0 Å². The van der Waals surface area contributed by atoms with Crippen LogP contribution in [0.1, 0.15) is 44.4 Å². The van der Waals surface area contributed by atoms with Crippen LogP contribution < -0.4 is 5.32 Å². The minimum absolute atomic E-state index is 0.331. The fourth-order valence-electron chi connectivity index (χ4n) is 3.59. The van der Waals surface area contributed by atoms with Crippen LogP contribution in [0.2, 0.25) is 0 Å². The van der Waals surface area contributed by atoms with Gasteiger partial charge in [-0.1, -0.05) is 31.9 Å². The van der Waals surface area contributed by atoms with Crippen molar-refractivity contribution < 1.29 is 4.42 Å². The zero-order valence-electron chi connectivity index (χ0n) is 12.2. The van der Waals surface area contributed by atoms with Gasteiger partial charge in [0.2, 0.25) is 0 Å². The average molecular weight is 336 g/mol. The van der Waals surface area contributed by atoms with Crippen molar-refractivity contribution in [1.82, 2.24) is 5.32 Å². The molecule has 1 aromatic heterocycles. The number of hydrogen-bond donors (Lipinski definition) is 1. The molecule has 2 aromatic rings. The fourth-order valence-corrected chi connectivity index (χ4v) is 4.06. The molecule has 0 amide bonds. The number of furan rings is 1. The average Bonchev–Trinajstić information content (AvgIpc) is 2.85. The molecule has 0 spiro atoms. The minimum atomic E-state index is 0.331. The van der Waals surface area contributed by atoms with Crippen molar-refractivity contribution >= 4 is 26.9 Å². The van der Waals surface area contributed by atoms with Gasteiger partial charge < -0.3 is 9.73 Å². The number of benzene rings is 1. The summed E-state index contributed by atoms with van der Waals surface area (Å²) in [6.07, 6.45) is 5.31. The maximum Gasteiger partial charge on any atom is 0.148 e. The summed E-state index contributed by atoms with van der Waals surface area (Å²) in [6.45, 7) is 2.37. The van der Waals surface area contributed by atoms with Crippen molar-refractivity contribution in [2.75, 3.05) is 7.05 Å². The van der Waals surface area contributed by atoms with Crippen LogP contribution >= 0.6 is 15.9 Å². The van der Waals surface area contributed by atoms with E-state index in [1.54, 1.807) is 0 Å².